The number of anilines is 1. The molecular weight excluding hydrogens is 528 g/mol. The number of aliphatic carboxylic acids is 1. The van der Waals surface area contributed by atoms with Crippen molar-refractivity contribution in [3.05, 3.63) is 88.2 Å². The van der Waals surface area contributed by atoms with Crippen molar-refractivity contribution in [2.24, 2.45) is 0 Å². The maximum atomic E-state index is 12.9. The molecule has 2 atom stereocenters. The Hall–Kier alpha value is -3.56. The van der Waals surface area contributed by atoms with Crippen molar-refractivity contribution in [3.8, 4) is 0 Å². The van der Waals surface area contributed by atoms with Gasteiger partial charge in [-0.05, 0) is 56.9 Å². The SMILES string of the molecule is CN(C)c1ccc2c(c1)[Si](C)(CCS(=O)CCC(=O)O)C1=CC(=[N+](C)C)C=CC1=C2c1ccccc1C(=O)[O-]. The van der Waals surface area contributed by atoms with E-state index >= 15 is 0 Å². The molecule has 4 rings (SSSR count). The Morgan fingerprint density at radius 1 is 1.05 bits per heavy atom. The summed E-state index contributed by atoms with van der Waals surface area (Å²) in [6.07, 6.45) is 6.18. The standard InChI is InChI=1S/C30H34N2O5SSi/c1-31(2)20-10-12-24-26(18-20)39(5,17-16-38(37)15-14-28(33)34)27-19-21(32(3)4)11-13-25(27)29(24)22-8-6-7-9-23(22)30(35)36/h6-13,18-19H,14-17H2,1-5H3,(H-,33,34,35,36). The lowest BCUT2D eigenvalue weighted by Gasteiger charge is -2.40. The summed E-state index contributed by atoms with van der Waals surface area (Å²) in [5.74, 6) is -1.64. The van der Waals surface area contributed by atoms with Crippen LogP contribution in [-0.2, 0) is 15.6 Å². The highest BCUT2D eigenvalue weighted by Gasteiger charge is 2.44. The van der Waals surface area contributed by atoms with Gasteiger partial charge in [0.25, 0.3) is 0 Å². The number of benzene rings is 2. The fourth-order valence-electron chi connectivity index (χ4n) is 5.32. The number of carboxylic acids is 2. The Labute approximate surface area is 233 Å². The van der Waals surface area contributed by atoms with Crippen LogP contribution < -0.4 is 15.2 Å². The fraction of sp³-hybridized carbons (Fsp3) is 0.300. The number of carbonyl (C=O) groups is 2. The van der Waals surface area contributed by atoms with Crippen molar-refractivity contribution in [2.45, 2.75) is 19.0 Å². The van der Waals surface area contributed by atoms with Gasteiger partial charge >= 0.3 is 5.97 Å². The molecule has 0 radical (unpaired) electrons. The van der Waals surface area contributed by atoms with Crippen molar-refractivity contribution in [3.63, 3.8) is 0 Å². The Kier molecular flexibility index (Phi) is 8.22. The van der Waals surface area contributed by atoms with Gasteiger partial charge in [0.2, 0.25) is 0 Å². The molecule has 0 aromatic heterocycles. The van der Waals surface area contributed by atoms with Crippen LogP contribution in [0.2, 0.25) is 12.6 Å². The highest BCUT2D eigenvalue weighted by atomic mass is 32.2. The molecule has 204 valence electrons. The number of carboxylic acid groups (broad SMARTS) is 2. The van der Waals surface area contributed by atoms with Gasteiger partial charge in [-0.1, -0.05) is 36.9 Å². The number of fused-ring (bicyclic) bond motifs is 2. The smallest absolute Gasteiger partial charge is 0.304 e. The highest BCUT2D eigenvalue weighted by molar-refractivity contribution is 7.85. The molecule has 0 bridgehead atoms. The van der Waals surface area contributed by atoms with Gasteiger partial charge in [-0.25, -0.2) is 4.58 Å². The van der Waals surface area contributed by atoms with Crippen molar-refractivity contribution in [1.29, 1.82) is 0 Å². The van der Waals surface area contributed by atoms with E-state index in [1.54, 1.807) is 12.1 Å². The van der Waals surface area contributed by atoms with Gasteiger partial charge in [0.1, 0.15) is 22.2 Å². The second kappa shape index (κ2) is 11.3. The first-order chi connectivity index (χ1) is 18.4. The average molecular weight is 563 g/mol. The van der Waals surface area contributed by atoms with Gasteiger partial charge in [0.15, 0.2) is 5.71 Å². The number of carbonyl (C=O) groups excluding carboxylic acids is 1. The summed E-state index contributed by atoms with van der Waals surface area (Å²) in [6.45, 7) is 2.28. The summed E-state index contributed by atoms with van der Waals surface area (Å²) in [4.78, 5) is 25.3. The van der Waals surface area contributed by atoms with Gasteiger partial charge in [-0.2, -0.15) is 0 Å². The van der Waals surface area contributed by atoms with Crippen molar-refractivity contribution in [1.82, 2.24) is 0 Å². The molecule has 0 amide bonds. The molecule has 1 aliphatic heterocycles. The van der Waals surface area contributed by atoms with E-state index in [0.717, 1.165) is 38.5 Å². The maximum Gasteiger partial charge on any atom is 0.304 e. The lowest BCUT2D eigenvalue weighted by Crippen LogP contribution is -2.53. The molecule has 2 aromatic carbocycles. The number of nitrogens with zero attached hydrogens (tertiary/aromatic N) is 2. The van der Waals surface area contributed by atoms with Crippen LogP contribution >= 0.6 is 0 Å². The molecule has 9 heteroatoms. The van der Waals surface area contributed by atoms with E-state index in [1.807, 2.05) is 61.9 Å². The fourth-order valence-corrected chi connectivity index (χ4v) is 11.8. The van der Waals surface area contributed by atoms with Crippen molar-refractivity contribution >= 4 is 53.0 Å². The molecule has 1 N–H and O–H groups in total. The first kappa shape index (κ1) is 28.4. The molecule has 0 spiro atoms. The normalized spacial score (nSPS) is 18.7. The van der Waals surface area contributed by atoms with Crippen LogP contribution in [0.3, 0.4) is 0 Å². The van der Waals surface area contributed by atoms with Crippen LogP contribution in [0.15, 0.2) is 71.5 Å². The lowest BCUT2D eigenvalue weighted by molar-refractivity contribution is -0.462. The third-order valence-corrected chi connectivity index (χ3v) is 13.7. The van der Waals surface area contributed by atoms with E-state index in [1.165, 1.54) is 0 Å². The van der Waals surface area contributed by atoms with Gasteiger partial charge < -0.3 is 19.9 Å². The van der Waals surface area contributed by atoms with Gasteiger partial charge in [0.05, 0.1) is 12.4 Å². The molecule has 2 aliphatic rings. The van der Waals surface area contributed by atoms with Crippen LogP contribution in [0.25, 0.3) is 5.57 Å². The Morgan fingerprint density at radius 2 is 1.77 bits per heavy atom. The predicted molar refractivity (Wildman–Crippen MR) is 158 cm³/mol. The number of allylic oxidation sites excluding steroid dienone is 5. The molecular formula is C30H34N2O5SSi. The summed E-state index contributed by atoms with van der Waals surface area (Å²) in [5, 5.41) is 23.6. The summed E-state index contributed by atoms with van der Waals surface area (Å²) in [6, 6.07) is 13.9. The van der Waals surface area contributed by atoms with Gasteiger partial charge in [0, 0.05) is 59.8 Å². The third kappa shape index (κ3) is 5.60. The number of hydrogen-bond acceptors (Lipinski definition) is 5. The highest BCUT2D eigenvalue weighted by Crippen LogP contribution is 2.44. The lowest BCUT2D eigenvalue weighted by atomic mass is 9.87. The van der Waals surface area contributed by atoms with E-state index in [9.17, 15) is 18.9 Å². The van der Waals surface area contributed by atoms with E-state index < -0.39 is 30.8 Å². The van der Waals surface area contributed by atoms with E-state index in [0.29, 0.717) is 17.4 Å². The molecule has 0 fully saturated rings. The first-order valence-electron chi connectivity index (χ1n) is 12.8. The van der Waals surface area contributed by atoms with Crippen LogP contribution in [0.1, 0.15) is 27.9 Å². The monoisotopic (exact) mass is 562 g/mol. The van der Waals surface area contributed by atoms with E-state index in [4.69, 9.17) is 5.11 Å². The van der Waals surface area contributed by atoms with Gasteiger partial charge in [-0.3, -0.25) is 9.00 Å². The molecule has 7 nitrogen and oxygen atoms in total. The summed E-state index contributed by atoms with van der Waals surface area (Å²) >= 11 is 0. The molecule has 0 saturated heterocycles. The Morgan fingerprint density at radius 3 is 2.41 bits per heavy atom. The van der Waals surface area contributed by atoms with Crippen molar-refractivity contribution < 1.29 is 28.6 Å². The zero-order chi connectivity index (χ0) is 28.5. The van der Waals surface area contributed by atoms with Crippen LogP contribution in [0.4, 0.5) is 5.69 Å². The number of aromatic carboxylic acids is 1. The van der Waals surface area contributed by atoms with E-state index in [-0.39, 0.29) is 17.7 Å². The minimum absolute atomic E-state index is 0.120. The zero-order valence-electron chi connectivity index (χ0n) is 23.0. The molecule has 2 aromatic rings. The largest absolute Gasteiger partial charge is 0.545 e. The summed E-state index contributed by atoms with van der Waals surface area (Å²) in [5.41, 5.74) is 5.61. The second-order valence-electron chi connectivity index (χ2n) is 10.5. The van der Waals surface area contributed by atoms with Crippen LogP contribution in [-0.4, -0.2) is 79.3 Å². The number of hydrogen-bond donors (Lipinski definition) is 1. The topological polar surface area (TPSA) is 101 Å². The van der Waals surface area contributed by atoms with Crippen molar-refractivity contribution in [2.75, 3.05) is 44.6 Å². The number of rotatable bonds is 9. The van der Waals surface area contributed by atoms with Crippen LogP contribution in [0.5, 0.6) is 0 Å². The predicted octanol–water partition coefficient (Wildman–Crippen LogP) is 2.19. The minimum Gasteiger partial charge on any atom is -0.545 e. The average Bonchev–Trinajstić information content (AvgIpc) is 2.90. The molecule has 1 aliphatic carbocycles. The Balaban J connectivity index is 2.00. The molecule has 1 heterocycles. The minimum atomic E-state index is -2.55. The van der Waals surface area contributed by atoms with E-state index in [2.05, 4.69) is 30.8 Å². The Bertz CT molecular complexity index is 1500. The molecule has 2 unspecified atom stereocenters. The second-order valence-corrected chi connectivity index (χ2v) is 16.5. The maximum absolute atomic E-state index is 12.9. The van der Waals surface area contributed by atoms with Gasteiger partial charge in [-0.15, -0.1) is 0 Å². The summed E-state index contributed by atoms with van der Waals surface area (Å²) < 4.78 is 14.9. The first-order valence-corrected chi connectivity index (χ1v) is 17.0. The van der Waals surface area contributed by atoms with Crippen LogP contribution in [0, 0.1) is 0 Å². The third-order valence-electron chi connectivity index (χ3n) is 7.56. The summed E-state index contributed by atoms with van der Waals surface area (Å²) in [7, 11) is 4.13. The molecule has 39 heavy (non-hydrogen) atoms. The zero-order valence-corrected chi connectivity index (χ0v) is 24.8. The quantitative estimate of drug-likeness (QED) is 0.372. The molecule has 0 saturated carbocycles.